The van der Waals surface area contributed by atoms with Gasteiger partial charge in [0.1, 0.15) is 0 Å². The number of nitrogens with one attached hydrogen (secondary N) is 2. The van der Waals surface area contributed by atoms with E-state index >= 15 is 0 Å². The Balaban J connectivity index is 2.26. The summed E-state index contributed by atoms with van der Waals surface area (Å²) in [5.41, 5.74) is 1.13. The van der Waals surface area contributed by atoms with E-state index < -0.39 is 10.0 Å². The molecule has 1 heterocycles. The normalized spacial score (nSPS) is 21.2. The molecule has 0 aromatic heterocycles. The summed E-state index contributed by atoms with van der Waals surface area (Å²) in [6.07, 6.45) is 6.12. The van der Waals surface area contributed by atoms with Crippen molar-refractivity contribution in [1.82, 2.24) is 10.0 Å². The second-order valence-corrected chi connectivity index (χ2v) is 6.81. The van der Waals surface area contributed by atoms with Crippen LogP contribution in [-0.4, -0.2) is 33.3 Å². The van der Waals surface area contributed by atoms with Crippen molar-refractivity contribution in [2.45, 2.75) is 45.6 Å². The van der Waals surface area contributed by atoms with E-state index in [0.717, 1.165) is 18.5 Å². The van der Waals surface area contributed by atoms with E-state index in [9.17, 15) is 8.42 Å². The Morgan fingerprint density at radius 2 is 2.18 bits per heavy atom. The van der Waals surface area contributed by atoms with Crippen LogP contribution in [0.1, 0.15) is 39.5 Å². The SMILES string of the molecule is CC(C)=CCNS(=O)(=O)CCC1CCCCN1. The molecule has 0 saturated carbocycles. The number of hydrogen-bond donors (Lipinski definition) is 2. The number of piperidine rings is 1. The molecule has 1 unspecified atom stereocenters. The van der Waals surface area contributed by atoms with E-state index in [0.29, 0.717) is 19.0 Å². The Morgan fingerprint density at radius 1 is 1.41 bits per heavy atom. The highest BCUT2D eigenvalue weighted by Gasteiger charge is 2.16. The predicted octanol–water partition coefficient (Wildman–Crippen LogP) is 1.40. The molecule has 0 radical (unpaired) electrons. The highest BCUT2D eigenvalue weighted by molar-refractivity contribution is 7.89. The summed E-state index contributed by atoms with van der Waals surface area (Å²) < 4.78 is 26.0. The molecule has 0 aromatic carbocycles. The highest BCUT2D eigenvalue weighted by Crippen LogP contribution is 2.10. The van der Waals surface area contributed by atoms with Gasteiger partial charge in [-0.3, -0.25) is 0 Å². The van der Waals surface area contributed by atoms with Gasteiger partial charge in [-0.2, -0.15) is 0 Å². The van der Waals surface area contributed by atoms with E-state index in [1.54, 1.807) is 0 Å². The monoisotopic (exact) mass is 260 g/mol. The van der Waals surface area contributed by atoms with Crippen molar-refractivity contribution >= 4 is 10.0 Å². The summed E-state index contributed by atoms with van der Waals surface area (Å²) in [6, 6.07) is 0.378. The second kappa shape index (κ2) is 7.13. The third-order valence-electron chi connectivity index (χ3n) is 2.96. The molecule has 1 fully saturated rings. The van der Waals surface area contributed by atoms with Crippen LogP contribution in [-0.2, 0) is 10.0 Å². The molecule has 2 N–H and O–H groups in total. The van der Waals surface area contributed by atoms with Gasteiger partial charge in [0, 0.05) is 12.6 Å². The predicted molar refractivity (Wildman–Crippen MR) is 71.5 cm³/mol. The zero-order chi connectivity index (χ0) is 12.7. The van der Waals surface area contributed by atoms with Crippen molar-refractivity contribution in [1.29, 1.82) is 0 Å². The summed E-state index contributed by atoms with van der Waals surface area (Å²) >= 11 is 0. The first kappa shape index (κ1) is 14.7. The van der Waals surface area contributed by atoms with Crippen LogP contribution in [0.3, 0.4) is 0 Å². The Bertz CT molecular complexity index is 340. The molecule has 4 nitrogen and oxygen atoms in total. The van der Waals surface area contributed by atoms with E-state index in [1.807, 2.05) is 19.9 Å². The van der Waals surface area contributed by atoms with Crippen molar-refractivity contribution in [3.05, 3.63) is 11.6 Å². The van der Waals surface area contributed by atoms with E-state index in [1.165, 1.54) is 12.8 Å². The van der Waals surface area contributed by atoms with Crippen molar-refractivity contribution in [2.75, 3.05) is 18.8 Å². The van der Waals surface area contributed by atoms with Crippen LogP contribution in [0.5, 0.6) is 0 Å². The molecule has 1 aliphatic heterocycles. The Kier molecular flexibility index (Phi) is 6.16. The maximum absolute atomic E-state index is 11.7. The van der Waals surface area contributed by atoms with Crippen molar-refractivity contribution in [3.63, 3.8) is 0 Å². The van der Waals surface area contributed by atoms with Gasteiger partial charge in [0.05, 0.1) is 5.75 Å². The van der Waals surface area contributed by atoms with Gasteiger partial charge in [-0.25, -0.2) is 13.1 Å². The minimum absolute atomic E-state index is 0.223. The molecule has 1 aliphatic rings. The summed E-state index contributed by atoms with van der Waals surface area (Å²) in [5.74, 6) is 0.223. The fourth-order valence-electron chi connectivity index (χ4n) is 1.91. The maximum atomic E-state index is 11.7. The molecule has 1 rings (SSSR count). The third-order valence-corrected chi connectivity index (χ3v) is 4.34. The first-order valence-electron chi connectivity index (χ1n) is 6.34. The molecular formula is C12H24N2O2S. The van der Waals surface area contributed by atoms with Crippen LogP contribution in [0.4, 0.5) is 0 Å². The number of sulfonamides is 1. The van der Waals surface area contributed by atoms with E-state index in [2.05, 4.69) is 10.0 Å². The average molecular weight is 260 g/mol. The third kappa shape index (κ3) is 6.81. The summed E-state index contributed by atoms with van der Waals surface area (Å²) in [5, 5.41) is 3.36. The number of hydrogen-bond acceptors (Lipinski definition) is 3. The van der Waals surface area contributed by atoms with Crippen molar-refractivity contribution in [3.8, 4) is 0 Å². The standard InChI is InChI=1S/C12H24N2O2S/c1-11(2)6-9-14-17(15,16)10-7-12-5-3-4-8-13-12/h6,12-14H,3-5,7-10H2,1-2H3. The fraction of sp³-hybridized carbons (Fsp3) is 0.833. The maximum Gasteiger partial charge on any atom is 0.211 e. The first-order chi connectivity index (χ1) is 7.99. The van der Waals surface area contributed by atoms with Gasteiger partial charge in [-0.05, 0) is 39.7 Å². The van der Waals surface area contributed by atoms with Crippen molar-refractivity contribution in [2.24, 2.45) is 0 Å². The molecular weight excluding hydrogens is 236 g/mol. The lowest BCUT2D eigenvalue weighted by Gasteiger charge is -2.23. The smallest absolute Gasteiger partial charge is 0.211 e. The summed E-state index contributed by atoms with van der Waals surface area (Å²) in [6.45, 7) is 5.35. The Labute approximate surface area is 105 Å². The molecule has 1 atom stereocenters. The molecule has 0 aromatic rings. The topological polar surface area (TPSA) is 58.2 Å². The molecule has 1 saturated heterocycles. The number of allylic oxidation sites excluding steroid dienone is 1. The lowest BCUT2D eigenvalue weighted by atomic mass is 10.0. The zero-order valence-electron chi connectivity index (χ0n) is 10.8. The number of rotatable bonds is 6. The van der Waals surface area contributed by atoms with Gasteiger partial charge in [0.25, 0.3) is 0 Å². The quantitative estimate of drug-likeness (QED) is 0.710. The van der Waals surface area contributed by atoms with Gasteiger partial charge < -0.3 is 5.32 Å². The lowest BCUT2D eigenvalue weighted by molar-refractivity contribution is 0.392. The Morgan fingerprint density at radius 3 is 2.76 bits per heavy atom. The molecule has 17 heavy (non-hydrogen) atoms. The van der Waals surface area contributed by atoms with Crippen LogP contribution in [0, 0.1) is 0 Å². The molecule has 0 amide bonds. The van der Waals surface area contributed by atoms with E-state index in [4.69, 9.17) is 0 Å². The van der Waals surface area contributed by atoms with Gasteiger partial charge in [-0.15, -0.1) is 0 Å². The van der Waals surface area contributed by atoms with Gasteiger partial charge in [0.15, 0.2) is 0 Å². The van der Waals surface area contributed by atoms with Crippen LogP contribution >= 0.6 is 0 Å². The minimum atomic E-state index is -3.11. The summed E-state index contributed by atoms with van der Waals surface area (Å²) in [7, 11) is -3.11. The lowest BCUT2D eigenvalue weighted by Crippen LogP contribution is -2.37. The second-order valence-electron chi connectivity index (χ2n) is 4.88. The van der Waals surface area contributed by atoms with Crippen LogP contribution in [0.25, 0.3) is 0 Å². The first-order valence-corrected chi connectivity index (χ1v) is 7.99. The molecule has 100 valence electrons. The molecule has 0 bridgehead atoms. The van der Waals surface area contributed by atoms with Crippen LogP contribution < -0.4 is 10.0 Å². The largest absolute Gasteiger partial charge is 0.314 e. The van der Waals surface area contributed by atoms with E-state index in [-0.39, 0.29) is 5.75 Å². The van der Waals surface area contributed by atoms with Gasteiger partial charge in [0.2, 0.25) is 10.0 Å². The van der Waals surface area contributed by atoms with Gasteiger partial charge >= 0.3 is 0 Å². The molecule has 5 heteroatoms. The van der Waals surface area contributed by atoms with Gasteiger partial charge in [-0.1, -0.05) is 18.1 Å². The van der Waals surface area contributed by atoms with Crippen LogP contribution in [0.15, 0.2) is 11.6 Å². The summed E-state index contributed by atoms with van der Waals surface area (Å²) in [4.78, 5) is 0. The average Bonchev–Trinajstić information content (AvgIpc) is 2.27. The highest BCUT2D eigenvalue weighted by atomic mass is 32.2. The zero-order valence-corrected chi connectivity index (χ0v) is 11.6. The molecule has 0 aliphatic carbocycles. The Hall–Kier alpha value is -0.390. The van der Waals surface area contributed by atoms with Crippen LogP contribution in [0.2, 0.25) is 0 Å². The fourth-order valence-corrected chi connectivity index (χ4v) is 2.99. The minimum Gasteiger partial charge on any atom is -0.314 e. The molecule has 0 spiro atoms. The van der Waals surface area contributed by atoms with Crippen molar-refractivity contribution < 1.29 is 8.42 Å².